The van der Waals surface area contributed by atoms with Gasteiger partial charge in [0.2, 0.25) is 11.9 Å². The molecule has 0 radical (unpaired) electrons. The molecular formula is C12H12BrN7O. The Bertz CT molecular complexity index is 686. The topological polar surface area (TPSA) is 122 Å². The Hall–Kier alpha value is -2.44. The van der Waals surface area contributed by atoms with Gasteiger partial charge in [0.05, 0.1) is 17.9 Å². The molecule has 1 heterocycles. The van der Waals surface area contributed by atoms with E-state index in [1.165, 1.54) is 0 Å². The minimum atomic E-state index is 0.136. The van der Waals surface area contributed by atoms with Gasteiger partial charge in [-0.2, -0.15) is 20.2 Å². The minimum Gasteiger partial charge on any atom is -0.464 e. The van der Waals surface area contributed by atoms with Crippen LogP contribution in [0.5, 0.6) is 6.01 Å². The zero-order valence-electron chi connectivity index (χ0n) is 11.1. The maximum Gasteiger partial charge on any atom is 0.323 e. The van der Waals surface area contributed by atoms with E-state index >= 15 is 0 Å². The summed E-state index contributed by atoms with van der Waals surface area (Å²) in [5.74, 6) is 5.69. The van der Waals surface area contributed by atoms with Gasteiger partial charge in [-0.05, 0) is 25.1 Å². The minimum absolute atomic E-state index is 0.136. The summed E-state index contributed by atoms with van der Waals surface area (Å²) in [4.78, 5) is 12.1. The highest BCUT2D eigenvalue weighted by Gasteiger charge is 2.09. The van der Waals surface area contributed by atoms with E-state index < -0.39 is 0 Å². The summed E-state index contributed by atoms with van der Waals surface area (Å²) in [7, 11) is 0. The Morgan fingerprint density at radius 3 is 2.76 bits per heavy atom. The number of nitrogens with one attached hydrogen (secondary N) is 2. The molecule has 0 aliphatic rings. The lowest BCUT2D eigenvalue weighted by Crippen LogP contribution is -2.13. The van der Waals surface area contributed by atoms with E-state index in [2.05, 4.69) is 47.7 Å². The van der Waals surface area contributed by atoms with Crippen LogP contribution in [0.25, 0.3) is 0 Å². The molecular weight excluding hydrogens is 338 g/mol. The summed E-state index contributed by atoms with van der Waals surface area (Å²) in [6, 6.07) is 7.42. The summed E-state index contributed by atoms with van der Waals surface area (Å²) in [5, 5.41) is 12.1. The molecule has 0 bridgehead atoms. The lowest BCUT2D eigenvalue weighted by Gasteiger charge is -2.09. The molecule has 0 spiro atoms. The number of nitrogen functional groups attached to an aromatic ring is 1. The van der Waals surface area contributed by atoms with Gasteiger partial charge in [-0.3, -0.25) is 5.43 Å². The number of nitrogens with two attached hydrogens (primary N) is 1. The fourth-order valence-electron chi connectivity index (χ4n) is 1.51. The molecule has 1 aromatic carbocycles. The van der Waals surface area contributed by atoms with Crippen LogP contribution in [-0.2, 0) is 0 Å². The van der Waals surface area contributed by atoms with Gasteiger partial charge in [-0.1, -0.05) is 15.9 Å². The first-order valence-corrected chi connectivity index (χ1v) is 6.77. The highest BCUT2D eigenvalue weighted by Crippen LogP contribution is 2.24. The Balaban J connectivity index is 2.37. The number of nitrogens with zero attached hydrogens (tertiary/aromatic N) is 4. The van der Waals surface area contributed by atoms with E-state index in [-0.39, 0.29) is 17.9 Å². The van der Waals surface area contributed by atoms with Crippen molar-refractivity contribution in [3.8, 4) is 12.1 Å². The summed E-state index contributed by atoms with van der Waals surface area (Å²) >= 11 is 3.35. The molecule has 0 unspecified atom stereocenters. The highest BCUT2D eigenvalue weighted by molar-refractivity contribution is 9.10. The van der Waals surface area contributed by atoms with Crippen LogP contribution in [0.3, 0.4) is 0 Å². The number of halogens is 1. The number of hydrogen-bond donors (Lipinski definition) is 3. The molecule has 8 nitrogen and oxygen atoms in total. The second-order valence-electron chi connectivity index (χ2n) is 3.77. The standard InChI is InChI=1S/C12H12BrN7O/c1-2-21-12-18-10(17-11(19-12)20-15)16-9-5-8(13)4-3-7(9)6-14/h3-5H,2,15H2,1H3,(H2,16,17,18,19,20). The van der Waals surface area contributed by atoms with Crippen LogP contribution in [0.15, 0.2) is 22.7 Å². The molecule has 2 rings (SSSR count). The van der Waals surface area contributed by atoms with Gasteiger partial charge in [-0.15, -0.1) is 0 Å². The van der Waals surface area contributed by atoms with Crippen LogP contribution in [0, 0.1) is 11.3 Å². The average molecular weight is 350 g/mol. The molecule has 21 heavy (non-hydrogen) atoms. The fourth-order valence-corrected chi connectivity index (χ4v) is 1.87. The lowest BCUT2D eigenvalue weighted by atomic mass is 10.2. The molecule has 0 fully saturated rings. The molecule has 0 saturated heterocycles. The van der Waals surface area contributed by atoms with E-state index in [0.29, 0.717) is 17.9 Å². The van der Waals surface area contributed by atoms with Crippen molar-refractivity contribution in [1.29, 1.82) is 5.26 Å². The predicted octanol–water partition coefficient (Wildman–Crippen LogP) is 1.93. The van der Waals surface area contributed by atoms with Gasteiger partial charge >= 0.3 is 6.01 Å². The van der Waals surface area contributed by atoms with E-state index in [1.807, 2.05) is 6.92 Å². The molecule has 4 N–H and O–H groups in total. The van der Waals surface area contributed by atoms with Gasteiger partial charge in [0.15, 0.2) is 0 Å². The Labute approximate surface area is 129 Å². The second-order valence-corrected chi connectivity index (χ2v) is 4.68. The summed E-state index contributed by atoms with van der Waals surface area (Å²) in [5.41, 5.74) is 3.35. The molecule has 0 saturated carbocycles. The van der Waals surface area contributed by atoms with E-state index in [0.717, 1.165) is 4.47 Å². The van der Waals surface area contributed by atoms with Crippen molar-refractivity contribution in [2.24, 2.45) is 5.84 Å². The molecule has 0 aliphatic carbocycles. The van der Waals surface area contributed by atoms with Gasteiger partial charge < -0.3 is 10.1 Å². The van der Waals surface area contributed by atoms with Crippen molar-refractivity contribution in [3.63, 3.8) is 0 Å². The molecule has 0 amide bonds. The van der Waals surface area contributed by atoms with E-state index in [4.69, 9.17) is 15.8 Å². The smallest absolute Gasteiger partial charge is 0.323 e. The number of hydrazine groups is 1. The van der Waals surface area contributed by atoms with Crippen LogP contribution in [0.4, 0.5) is 17.6 Å². The van der Waals surface area contributed by atoms with E-state index in [9.17, 15) is 0 Å². The molecule has 2 aromatic rings. The third-order valence-electron chi connectivity index (χ3n) is 2.37. The number of aromatic nitrogens is 3. The van der Waals surface area contributed by atoms with Crippen LogP contribution in [0.2, 0.25) is 0 Å². The van der Waals surface area contributed by atoms with Crippen LogP contribution in [-0.4, -0.2) is 21.6 Å². The predicted molar refractivity (Wildman–Crippen MR) is 80.9 cm³/mol. The zero-order valence-corrected chi connectivity index (χ0v) is 12.7. The van der Waals surface area contributed by atoms with Crippen molar-refractivity contribution in [2.45, 2.75) is 6.92 Å². The zero-order chi connectivity index (χ0) is 15.2. The summed E-state index contributed by atoms with van der Waals surface area (Å²) in [6.45, 7) is 2.22. The highest BCUT2D eigenvalue weighted by atomic mass is 79.9. The molecule has 108 valence electrons. The number of nitriles is 1. The van der Waals surface area contributed by atoms with Crippen molar-refractivity contribution in [3.05, 3.63) is 28.2 Å². The maximum absolute atomic E-state index is 9.11. The summed E-state index contributed by atoms with van der Waals surface area (Å²) in [6.07, 6.45) is 0. The van der Waals surface area contributed by atoms with E-state index in [1.54, 1.807) is 18.2 Å². The Morgan fingerprint density at radius 1 is 1.33 bits per heavy atom. The average Bonchev–Trinajstić information content (AvgIpc) is 2.47. The number of ether oxygens (including phenoxy) is 1. The van der Waals surface area contributed by atoms with Gasteiger partial charge in [0.1, 0.15) is 6.07 Å². The lowest BCUT2D eigenvalue weighted by molar-refractivity contribution is 0.312. The normalized spacial score (nSPS) is 9.81. The quantitative estimate of drug-likeness (QED) is 0.552. The number of anilines is 3. The van der Waals surface area contributed by atoms with Crippen LogP contribution >= 0.6 is 15.9 Å². The van der Waals surface area contributed by atoms with Crippen LogP contribution in [0.1, 0.15) is 12.5 Å². The molecule has 9 heteroatoms. The largest absolute Gasteiger partial charge is 0.464 e. The van der Waals surface area contributed by atoms with Gasteiger partial charge in [0, 0.05) is 4.47 Å². The number of benzene rings is 1. The van der Waals surface area contributed by atoms with Crippen molar-refractivity contribution < 1.29 is 4.74 Å². The van der Waals surface area contributed by atoms with Crippen molar-refractivity contribution >= 4 is 33.5 Å². The number of hydrogen-bond acceptors (Lipinski definition) is 8. The fraction of sp³-hybridized carbons (Fsp3) is 0.167. The second kappa shape index (κ2) is 6.83. The first-order chi connectivity index (χ1) is 10.2. The first kappa shape index (κ1) is 15.0. The Morgan fingerprint density at radius 2 is 2.10 bits per heavy atom. The maximum atomic E-state index is 9.11. The monoisotopic (exact) mass is 349 g/mol. The molecule has 0 aliphatic heterocycles. The van der Waals surface area contributed by atoms with Crippen LogP contribution < -0.4 is 21.3 Å². The third-order valence-corrected chi connectivity index (χ3v) is 2.86. The van der Waals surface area contributed by atoms with Gasteiger partial charge in [0.25, 0.3) is 0 Å². The summed E-state index contributed by atoms with van der Waals surface area (Å²) < 4.78 is 6.05. The first-order valence-electron chi connectivity index (χ1n) is 5.98. The van der Waals surface area contributed by atoms with Crippen molar-refractivity contribution in [1.82, 2.24) is 15.0 Å². The number of rotatable bonds is 5. The Kier molecular flexibility index (Phi) is 4.86. The molecule has 1 aromatic heterocycles. The third kappa shape index (κ3) is 3.77. The molecule has 0 atom stereocenters. The van der Waals surface area contributed by atoms with Crippen molar-refractivity contribution in [2.75, 3.05) is 17.3 Å². The SMILES string of the molecule is CCOc1nc(NN)nc(Nc2cc(Br)ccc2C#N)n1. The van der Waals surface area contributed by atoms with Gasteiger partial charge in [-0.25, -0.2) is 5.84 Å².